The molecule has 6 nitrogen and oxygen atoms in total. The summed E-state index contributed by atoms with van der Waals surface area (Å²) in [5.74, 6) is -0.865. The van der Waals surface area contributed by atoms with Gasteiger partial charge in [-0.05, 0) is 12.1 Å². The molecule has 0 bridgehead atoms. The fourth-order valence-electron chi connectivity index (χ4n) is 2.38. The van der Waals surface area contributed by atoms with Crippen LogP contribution in [0.15, 0.2) is 66.9 Å². The molecule has 0 aliphatic heterocycles. The van der Waals surface area contributed by atoms with Gasteiger partial charge in [-0.15, -0.1) is 0 Å². The molecular formula is C20H19N3O3. The van der Waals surface area contributed by atoms with Gasteiger partial charge in [0, 0.05) is 25.9 Å². The molecule has 26 heavy (non-hydrogen) atoms. The zero-order valence-corrected chi connectivity index (χ0v) is 14.6. The van der Waals surface area contributed by atoms with Crippen molar-refractivity contribution in [2.45, 2.75) is 0 Å². The average Bonchev–Trinajstić information content (AvgIpc) is 3.12. The maximum atomic E-state index is 12.6. The van der Waals surface area contributed by atoms with Gasteiger partial charge in [0.1, 0.15) is 11.3 Å². The number of benzene rings is 2. The Morgan fingerprint density at radius 1 is 1.00 bits per heavy atom. The summed E-state index contributed by atoms with van der Waals surface area (Å²) in [5, 5.41) is 4.55. The molecule has 1 heterocycles. The Bertz CT molecular complexity index is 903. The number of para-hydroxylation sites is 1. The Hall–Kier alpha value is -3.41. The van der Waals surface area contributed by atoms with Crippen LogP contribution in [0.3, 0.4) is 0 Å². The standard InChI is InChI=1S/C20H19N3O3/c1-22(2)18(24)14-26-20(25)17-13-23(16-11-7-4-8-12-16)21-19(17)15-9-5-3-6-10-15/h3-13H,14H2,1-2H3. The summed E-state index contributed by atoms with van der Waals surface area (Å²) in [6.07, 6.45) is 1.63. The van der Waals surface area contributed by atoms with Crippen LogP contribution in [0, 0.1) is 0 Å². The van der Waals surface area contributed by atoms with Crippen LogP contribution in [0.5, 0.6) is 0 Å². The highest BCUT2D eigenvalue weighted by Gasteiger charge is 2.21. The smallest absolute Gasteiger partial charge is 0.342 e. The summed E-state index contributed by atoms with van der Waals surface area (Å²) >= 11 is 0. The molecule has 6 heteroatoms. The lowest BCUT2D eigenvalue weighted by Gasteiger charge is -2.10. The van der Waals surface area contributed by atoms with E-state index in [-0.39, 0.29) is 12.5 Å². The molecule has 0 saturated carbocycles. The number of hydrogen-bond acceptors (Lipinski definition) is 4. The van der Waals surface area contributed by atoms with E-state index in [4.69, 9.17) is 4.74 Å². The second-order valence-corrected chi connectivity index (χ2v) is 5.90. The monoisotopic (exact) mass is 349 g/mol. The second kappa shape index (κ2) is 7.65. The van der Waals surface area contributed by atoms with Gasteiger partial charge in [-0.1, -0.05) is 48.5 Å². The number of carbonyl (C=O) groups excluding carboxylic acids is 2. The van der Waals surface area contributed by atoms with Crippen molar-refractivity contribution in [2.24, 2.45) is 0 Å². The quantitative estimate of drug-likeness (QED) is 0.665. The minimum absolute atomic E-state index is 0.282. The third kappa shape index (κ3) is 3.80. The van der Waals surface area contributed by atoms with Gasteiger partial charge in [-0.3, -0.25) is 4.79 Å². The van der Waals surface area contributed by atoms with E-state index in [0.717, 1.165) is 11.3 Å². The molecule has 0 radical (unpaired) electrons. The molecule has 0 saturated heterocycles. The summed E-state index contributed by atoms with van der Waals surface area (Å²) in [5.41, 5.74) is 2.45. The van der Waals surface area contributed by atoms with Crippen molar-refractivity contribution in [3.63, 3.8) is 0 Å². The fraction of sp³-hybridized carbons (Fsp3) is 0.150. The van der Waals surface area contributed by atoms with Gasteiger partial charge in [-0.25, -0.2) is 9.48 Å². The predicted molar refractivity (Wildman–Crippen MR) is 98.0 cm³/mol. The lowest BCUT2D eigenvalue weighted by molar-refractivity contribution is -0.131. The number of esters is 1. The van der Waals surface area contributed by atoms with Gasteiger partial charge in [0.2, 0.25) is 0 Å². The van der Waals surface area contributed by atoms with Crippen molar-refractivity contribution in [3.8, 4) is 16.9 Å². The number of likely N-dealkylation sites (N-methyl/N-ethyl adjacent to an activating group) is 1. The first-order valence-electron chi connectivity index (χ1n) is 8.14. The van der Waals surface area contributed by atoms with Crippen LogP contribution in [-0.4, -0.2) is 47.3 Å². The number of hydrogen-bond donors (Lipinski definition) is 0. The molecule has 1 amide bonds. The largest absolute Gasteiger partial charge is 0.452 e. The van der Waals surface area contributed by atoms with E-state index >= 15 is 0 Å². The molecule has 0 atom stereocenters. The summed E-state index contributed by atoms with van der Waals surface area (Å²) in [6.45, 7) is -0.309. The lowest BCUT2D eigenvalue weighted by atomic mass is 10.1. The molecular weight excluding hydrogens is 330 g/mol. The van der Waals surface area contributed by atoms with Crippen LogP contribution in [-0.2, 0) is 9.53 Å². The van der Waals surface area contributed by atoms with Crippen molar-refractivity contribution in [3.05, 3.63) is 72.4 Å². The SMILES string of the molecule is CN(C)C(=O)COC(=O)c1cn(-c2ccccc2)nc1-c1ccccc1. The molecule has 1 aromatic heterocycles. The van der Waals surface area contributed by atoms with Crippen molar-refractivity contribution in [1.82, 2.24) is 14.7 Å². The van der Waals surface area contributed by atoms with Gasteiger partial charge < -0.3 is 9.64 Å². The number of amides is 1. The number of carbonyl (C=O) groups is 2. The first-order chi connectivity index (χ1) is 12.6. The minimum Gasteiger partial charge on any atom is -0.452 e. The van der Waals surface area contributed by atoms with Gasteiger partial charge >= 0.3 is 5.97 Å². The van der Waals surface area contributed by atoms with Crippen molar-refractivity contribution in [1.29, 1.82) is 0 Å². The van der Waals surface area contributed by atoms with Crippen LogP contribution in [0.4, 0.5) is 0 Å². The number of rotatable bonds is 5. The maximum Gasteiger partial charge on any atom is 0.342 e. The van der Waals surface area contributed by atoms with Gasteiger partial charge in [0.15, 0.2) is 6.61 Å². The lowest BCUT2D eigenvalue weighted by Crippen LogP contribution is -2.27. The first-order valence-corrected chi connectivity index (χ1v) is 8.14. The predicted octanol–water partition coefficient (Wildman–Crippen LogP) is 2.78. The molecule has 0 aliphatic carbocycles. The van der Waals surface area contributed by atoms with E-state index < -0.39 is 5.97 Å². The summed E-state index contributed by atoms with van der Waals surface area (Å²) in [6, 6.07) is 18.9. The van der Waals surface area contributed by atoms with Crippen LogP contribution >= 0.6 is 0 Å². The topological polar surface area (TPSA) is 64.4 Å². The third-order valence-corrected chi connectivity index (χ3v) is 3.83. The van der Waals surface area contributed by atoms with Crippen LogP contribution < -0.4 is 0 Å². The van der Waals surface area contributed by atoms with E-state index in [1.165, 1.54) is 4.90 Å². The number of ether oxygens (including phenoxy) is 1. The van der Waals surface area contributed by atoms with E-state index in [1.54, 1.807) is 25.0 Å². The van der Waals surface area contributed by atoms with Crippen LogP contribution in [0.1, 0.15) is 10.4 Å². The Morgan fingerprint density at radius 3 is 2.23 bits per heavy atom. The normalized spacial score (nSPS) is 10.4. The Morgan fingerprint density at radius 2 is 1.62 bits per heavy atom. The minimum atomic E-state index is -0.582. The fourth-order valence-corrected chi connectivity index (χ4v) is 2.38. The Labute approximate surface area is 151 Å². The third-order valence-electron chi connectivity index (χ3n) is 3.83. The highest BCUT2D eigenvalue weighted by molar-refractivity contribution is 5.97. The first kappa shape index (κ1) is 17.4. The van der Waals surface area contributed by atoms with Gasteiger partial charge in [0.25, 0.3) is 5.91 Å². The van der Waals surface area contributed by atoms with Crippen LogP contribution in [0.2, 0.25) is 0 Å². The van der Waals surface area contributed by atoms with E-state index in [0.29, 0.717) is 11.3 Å². The van der Waals surface area contributed by atoms with Crippen molar-refractivity contribution >= 4 is 11.9 Å². The molecule has 3 rings (SSSR count). The zero-order valence-electron chi connectivity index (χ0n) is 14.6. The van der Waals surface area contributed by atoms with Gasteiger partial charge in [0.05, 0.1) is 5.69 Å². The Kier molecular flexibility index (Phi) is 5.12. The zero-order chi connectivity index (χ0) is 18.5. The molecule has 0 fully saturated rings. The molecule has 132 valence electrons. The molecule has 3 aromatic rings. The highest BCUT2D eigenvalue weighted by atomic mass is 16.5. The Balaban J connectivity index is 1.96. The van der Waals surface area contributed by atoms with Crippen molar-refractivity contribution < 1.29 is 14.3 Å². The summed E-state index contributed by atoms with van der Waals surface area (Å²) in [4.78, 5) is 25.6. The van der Waals surface area contributed by atoms with E-state index in [1.807, 2.05) is 60.7 Å². The number of nitrogens with zero attached hydrogens (tertiary/aromatic N) is 3. The van der Waals surface area contributed by atoms with Crippen molar-refractivity contribution in [2.75, 3.05) is 20.7 Å². The summed E-state index contributed by atoms with van der Waals surface area (Å²) < 4.78 is 6.81. The van der Waals surface area contributed by atoms with Gasteiger partial charge in [-0.2, -0.15) is 5.10 Å². The summed E-state index contributed by atoms with van der Waals surface area (Å²) in [7, 11) is 3.22. The highest BCUT2D eigenvalue weighted by Crippen LogP contribution is 2.24. The molecule has 2 aromatic carbocycles. The average molecular weight is 349 g/mol. The molecule has 0 spiro atoms. The van der Waals surface area contributed by atoms with Crippen LogP contribution in [0.25, 0.3) is 16.9 Å². The molecule has 0 unspecified atom stereocenters. The second-order valence-electron chi connectivity index (χ2n) is 5.90. The van der Waals surface area contributed by atoms with E-state index in [9.17, 15) is 9.59 Å². The van der Waals surface area contributed by atoms with E-state index in [2.05, 4.69) is 5.10 Å². The maximum absolute atomic E-state index is 12.6. The molecule has 0 aliphatic rings. The molecule has 0 N–H and O–H groups in total. The number of aromatic nitrogens is 2.